The normalized spacial score (nSPS) is 26.1. The molecule has 0 amide bonds. The number of carbonyl (C=O) groups is 1. The fourth-order valence-electron chi connectivity index (χ4n) is 1.95. The molecule has 0 radical (unpaired) electrons. The van der Waals surface area contributed by atoms with Crippen LogP contribution in [-0.2, 0) is 15.1 Å². The lowest BCUT2D eigenvalue weighted by Gasteiger charge is -2.35. The molecule has 0 unspecified atom stereocenters. The summed E-state index contributed by atoms with van der Waals surface area (Å²) in [5.74, 6) is -0.0930. The number of hydrogen-bond donors (Lipinski definition) is 0. The van der Waals surface area contributed by atoms with Crippen LogP contribution in [0.5, 0.6) is 0 Å². The number of halogens is 1. The van der Waals surface area contributed by atoms with E-state index in [2.05, 4.69) is 15.9 Å². The van der Waals surface area contributed by atoms with Gasteiger partial charge in [-0.15, -0.1) is 0 Å². The Hall–Kier alpha value is -0.830. The Labute approximate surface area is 97.8 Å². The molecule has 0 saturated carbocycles. The largest absolute Gasteiger partial charge is 0.453 e. The highest BCUT2D eigenvalue weighted by atomic mass is 79.9. The maximum atomic E-state index is 11.4. The Morgan fingerprint density at radius 1 is 1.33 bits per heavy atom. The lowest BCUT2D eigenvalue weighted by atomic mass is 9.88. The van der Waals surface area contributed by atoms with Crippen LogP contribution in [0.25, 0.3) is 0 Å². The van der Waals surface area contributed by atoms with Crippen molar-refractivity contribution in [2.24, 2.45) is 0 Å². The van der Waals surface area contributed by atoms with Crippen molar-refractivity contribution < 1.29 is 9.53 Å². The Balaban J connectivity index is 2.32. The molecule has 1 atom stereocenters. The first-order valence-electron chi connectivity index (χ1n) is 5.10. The highest BCUT2D eigenvalue weighted by Gasteiger charge is 2.37. The Kier molecular flexibility index (Phi) is 3.10. The van der Waals surface area contributed by atoms with Crippen LogP contribution in [0.15, 0.2) is 30.3 Å². The molecule has 0 aliphatic carbocycles. The molecule has 1 saturated heterocycles. The molecular formula is C12H13BrO2. The summed E-state index contributed by atoms with van der Waals surface area (Å²) in [4.78, 5) is 11.4. The lowest BCUT2D eigenvalue weighted by Crippen LogP contribution is -2.37. The summed E-state index contributed by atoms with van der Waals surface area (Å²) in [5, 5.41) is 0.662. The van der Waals surface area contributed by atoms with Gasteiger partial charge < -0.3 is 4.74 Å². The number of cyclic esters (lactones) is 1. The Bertz CT molecular complexity index is 350. The third-order valence-corrected chi connectivity index (χ3v) is 3.69. The van der Waals surface area contributed by atoms with Crippen LogP contribution in [0.2, 0.25) is 0 Å². The molecule has 1 heterocycles. The third-order valence-electron chi connectivity index (χ3n) is 2.79. The van der Waals surface area contributed by atoms with Crippen LogP contribution in [0.3, 0.4) is 0 Å². The van der Waals surface area contributed by atoms with Crippen LogP contribution >= 0.6 is 15.9 Å². The zero-order valence-corrected chi connectivity index (χ0v) is 10.00. The van der Waals surface area contributed by atoms with Crippen molar-refractivity contribution in [2.75, 3.05) is 5.33 Å². The fourth-order valence-corrected chi connectivity index (χ4v) is 2.67. The van der Waals surface area contributed by atoms with E-state index in [0.717, 1.165) is 18.4 Å². The zero-order valence-electron chi connectivity index (χ0n) is 8.41. The monoisotopic (exact) mass is 268 g/mol. The highest BCUT2D eigenvalue weighted by Crippen LogP contribution is 2.37. The quantitative estimate of drug-likeness (QED) is 0.609. The molecule has 1 fully saturated rings. The topological polar surface area (TPSA) is 26.3 Å². The van der Waals surface area contributed by atoms with E-state index in [4.69, 9.17) is 4.74 Å². The van der Waals surface area contributed by atoms with Crippen LogP contribution in [0.4, 0.5) is 0 Å². The molecule has 15 heavy (non-hydrogen) atoms. The minimum absolute atomic E-state index is 0.0930. The number of benzene rings is 1. The summed E-state index contributed by atoms with van der Waals surface area (Å²) in [6.07, 6.45) is 2.34. The fraction of sp³-hybridized carbons (Fsp3) is 0.417. The number of hydrogen-bond acceptors (Lipinski definition) is 2. The minimum atomic E-state index is -0.448. The van der Waals surface area contributed by atoms with Crippen LogP contribution < -0.4 is 0 Å². The third kappa shape index (κ3) is 2.07. The van der Waals surface area contributed by atoms with Crippen molar-refractivity contribution in [1.29, 1.82) is 0 Å². The van der Waals surface area contributed by atoms with Crippen molar-refractivity contribution in [3.05, 3.63) is 35.9 Å². The van der Waals surface area contributed by atoms with Gasteiger partial charge >= 0.3 is 5.97 Å². The Morgan fingerprint density at radius 3 is 2.67 bits per heavy atom. The van der Waals surface area contributed by atoms with Crippen LogP contribution in [0.1, 0.15) is 24.8 Å². The van der Waals surface area contributed by atoms with E-state index < -0.39 is 5.60 Å². The summed E-state index contributed by atoms with van der Waals surface area (Å²) < 4.78 is 5.52. The molecule has 80 valence electrons. The first kappa shape index (κ1) is 10.7. The second-order valence-corrected chi connectivity index (χ2v) is 4.38. The zero-order chi connectivity index (χ0) is 10.7. The molecule has 0 aromatic heterocycles. The van der Waals surface area contributed by atoms with Crippen molar-refractivity contribution in [1.82, 2.24) is 0 Å². The average Bonchev–Trinajstić information content (AvgIpc) is 2.30. The maximum absolute atomic E-state index is 11.4. The first-order chi connectivity index (χ1) is 7.27. The van der Waals surface area contributed by atoms with Gasteiger partial charge in [0.2, 0.25) is 0 Å². The number of carbonyl (C=O) groups excluding carboxylic acids is 1. The van der Waals surface area contributed by atoms with E-state index >= 15 is 0 Å². The predicted octanol–water partition coefficient (Wildman–Crippen LogP) is 3.00. The predicted molar refractivity (Wildman–Crippen MR) is 61.9 cm³/mol. The van der Waals surface area contributed by atoms with E-state index in [1.54, 1.807) is 0 Å². The highest BCUT2D eigenvalue weighted by molar-refractivity contribution is 9.09. The van der Waals surface area contributed by atoms with Gasteiger partial charge in [-0.2, -0.15) is 0 Å². The standard InChI is InChI=1S/C12H13BrO2/c13-9-12(8-4-7-11(14)15-12)10-5-2-1-3-6-10/h1-3,5-6H,4,7-9H2/t12-/m1/s1. The average molecular weight is 269 g/mol. The van der Waals surface area contributed by atoms with Gasteiger partial charge in [-0.1, -0.05) is 46.3 Å². The molecule has 1 aliphatic rings. The number of alkyl halides is 1. The van der Waals surface area contributed by atoms with E-state index in [1.807, 2.05) is 30.3 Å². The van der Waals surface area contributed by atoms with Gasteiger partial charge in [0.15, 0.2) is 0 Å². The van der Waals surface area contributed by atoms with Gasteiger partial charge in [-0.3, -0.25) is 4.79 Å². The van der Waals surface area contributed by atoms with E-state index in [0.29, 0.717) is 11.8 Å². The number of rotatable bonds is 2. The van der Waals surface area contributed by atoms with Crippen LogP contribution in [-0.4, -0.2) is 11.3 Å². The van der Waals surface area contributed by atoms with Crippen molar-refractivity contribution in [3.8, 4) is 0 Å². The van der Waals surface area contributed by atoms with Gasteiger partial charge in [-0.25, -0.2) is 0 Å². The van der Waals surface area contributed by atoms with Crippen LogP contribution in [0, 0.1) is 0 Å². The van der Waals surface area contributed by atoms with E-state index in [-0.39, 0.29) is 5.97 Å². The number of esters is 1. The van der Waals surface area contributed by atoms with Gasteiger partial charge in [0.05, 0.1) is 0 Å². The number of ether oxygens (including phenoxy) is 1. The SMILES string of the molecule is O=C1CCC[C@@](CBr)(c2ccccc2)O1. The van der Waals surface area contributed by atoms with Gasteiger partial charge in [0, 0.05) is 11.8 Å². The first-order valence-corrected chi connectivity index (χ1v) is 6.22. The second kappa shape index (κ2) is 4.35. The summed E-state index contributed by atoms with van der Waals surface area (Å²) in [7, 11) is 0. The molecule has 1 aromatic carbocycles. The van der Waals surface area contributed by atoms with Gasteiger partial charge in [0.25, 0.3) is 0 Å². The van der Waals surface area contributed by atoms with Crippen molar-refractivity contribution >= 4 is 21.9 Å². The van der Waals surface area contributed by atoms with Gasteiger partial charge in [-0.05, 0) is 18.4 Å². The molecule has 1 aliphatic heterocycles. The maximum Gasteiger partial charge on any atom is 0.306 e. The molecule has 2 nitrogen and oxygen atoms in total. The lowest BCUT2D eigenvalue weighted by molar-refractivity contribution is -0.165. The molecule has 2 rings (SSSR count). The molecule has 0 N–H and O–H groups in total. The molecule has 1 aromatic rings. The smallest absolute Gasteiger partial charge is 0.306 e. The summed E-state index contributed by atoms with van der Waals surface area (Å²) in [6.45, 7) is 0. The van der Waals surface area contributed by atoms with Crippen molar-refractivity contribution in [2.45, 2.75) is 24.9 Å². The van der Waals surface area contributed by atoms with E-state index in [1.165, 1.54) is 0 Å². The molecule has 0 bridgehead atoms. The van der Waals surface area contributed by atoms with E-state index in [9.17, 15) is 4.79 Å². The summed E-state index contributed by atoms with van der Waals surface area (Å²) in [6, 6.07) is 9.94. The summed E-state index contributed by atoms with van der Waals surface area (Å²) >= 11 is 3.46. The summed E-state index contributed by atoms with van der Waals surface area (Å²) in [5.41, 5.74) is 0.631. The second-order valence-electron chi connectivity index (χ2n) is 3.82. The molecule has 3 heteroatoms. The molecular weight excluding hydrogens is 256 g/mol. The van der Waals surface area contributed by atoms with Gasteiger partial charge in [0.1, 0.15) is 5.60 Å². The Morgan fingerprint density at radius 2 is 2.07 bits per heavy atom. The minimum Gasteiger partial charge on any atom is -0.453 e. The molecule has 0 spiro atoms. The van der Waals surface area contributed by atoms with Crippen molar-refractivity contribution in [3.63, 3.8) is 0 Å².